The molecule has 0 fully saturated rings. The zero-order valence-electron chi connectivity index (χ0n) is 7.90. The summed E-state index contributed by atoms with van der Waals surface area (Å²) in [6.45, 7) is 0. The van der Waals surface area contributed by atoms with Gasteiger partial charge < -0.3 is 5.32 Å². The van der Waals surface area contributed by atoms with E-state index < -0.39 is 29.6 Å². The highest BCUT2D eigenvalue weighted by Gasteiger charge is 2.27. The average molecular weight is 238 g/mol. The molecule has 0 heterocycles. The van der Waals surface area contributed by atoms with Crippen molar-refractivity contribution in [2.24, 2.45) is 0 Å². The molecule has 1 N–H and O–H groups in total. The Balaban J connectivity index is 6.14. The number of hydrogen-bond acceptors (Lipinski definition) is 6. The fourth-order valence-corrected chi connectivity index (χ4v) is 4.09. The van der Waals surface area contributed by atoms with Crippen LogP contribution in [-0.2, 0) is 19.7 Å². The maximum atomic E-state index is 11.1. The van der Waals surface area contributed by atoms with Crippen molar-refractivity contribution < 1.29 is 16.8 Å². The van der Waals surface area contributed by atoms with Gasteiger partial charge in [0.15, 0.2) is 23.9 Å². The lowest BCUT2D eigenvalue weighted by atomic mass is 10.6. The van der Waals surface area contributed by atoms with Crippen LogP contribution in [0, 0.1) is 11.3 Å². The first-order valence-electron chi connectivity index (χ1n) is 3.37. The Morgan fingerprint density at radius 1 is 1.14 bits per heavy atom. The number of allylic oxidation sites excluding steroid dienone is 1. The molecule has 0 atom stereocenters. The van der Waals surface area contributed by atoms with E-state index in [1.165, 1.54) is 13.1 Å². The number of nitrogens with zero attached hydrogens (tertiary/aromatic N) is 1. The van der Waals surface area contributed by atoms with Crippen molar-refractivity contribution in [2.45, 2.75) is 0 Å². The third-order valence-corrected chi connectivity index (χ3v) is 4.81. The Labute approximate surface area is 83.1 Å². The normalized spacial score (nSPS) is 11.6. The van der Waals surface area contributed by atoms with Crippen molar-refractivity contribution in [2.75, 3.05) is 19.6 Å². The Bertz CT molecular complexity index is 458. The minimum atomic E-state index is -3.94. The molecule has 14 heavy (non-hydrogen) atoms. The maximum Gasteiger partial charge on any atom is 0.192 e. The number of sulfone groups is 2. The molecule has 0 aromatic heterocycles. The van der Waals surface area contributed by atoms with E-state index in [0.717, 1.165) is 12.5 Å². The molecule has 0 amide bonds. The lowest BCUT2D eigenvalue weighted by molar-refractivity contribution is 0.600. The number of hydrogen-bond donors (Lipinski definition) is 1. The molecule has 0 aromatic rings. The average Bonchev–Trinajstić information content (AvgIpc) is 1.94. The minimum Gasteiger partial charge on any atom is -0.378 e. The van der Waals surface area contributed by atoms with Gasteiger partial charge in [-0.3, -0.25) is 0 Å². The topological polar surface area (TPSA) is 104 Å². The van der Waals surface area contributed by atoms with Gasteiger partial charge in [-0.15, -0.1) is 0 Å². The van der Waals surface area contributed by atoms with E-state index in [1.54, 1.807) is 0 Å². The van der Waals surface area contributed by atoms with Gasteiger partial charge in [0.2, 0.25) is 0 Å². The highest BCUT2D eigenvalue weighted by Crippen LogP contribution is 2.15. The monoisotopic (exact) mass is 238 g/mol. The summed E-state index contributed by atoms with van der Waals surface area (Å²) >= 11 is 0. The number of nitriles is 1. The van der Waals surface area contributed by atoms with Crippen LogP contribution in [0.25, 0.3) is 0 Å². The first kappa shape index (κ1) is 12.9. The van der Waals surface area contributed by atoms with Crippen molar-refractivity contribution in [1.82, 2.24) is 5.32 Å². The van der Waals surface area contributed by atoms with E-state index in [2.05, 4.69) is 5.32 Å². The molecule has 0 unspecified atom stereocenters. The second-order valence-corrected chi connectivity index (χ2v) is 6.73. The number of nitrogens with one attached hydrogen (secondary N) is 1. The molecule has 0 aromatic carbocycles. The van der Waals surface area contributed by atoms with E-state index in [4.69, 9.17) is 5.26 Å². The second kappa shape index (κ2) is 3.98. The lowest BCUT2D eigenvalue weighted by Crippen LogP contribution is -2.19. The molecule has 0 saturated carbocycles. The zero-order valence-corrected chi connectivity index (χ0v) is 9.53. The largest absolute Gasteiger partial charge is 0.378 e. The standard InChI is InChI=1S/C6H10N2O4S2/c1-8-5(4-7)6(13(2,9)10)14(3,11)12/h8H,1-3H3. The van der Waals surface area contributed by atoms with Crippen LogP contribution in [0.5, 0.6) is 0 Å². The van der Waals surface area contributed by atoms with Crippen molar-refractivity contribution in [3.05, 3.63) is 9.93 Å². The first-order valence-corrected chi connectivity index (χ1v) is 7.15. The summed E-state index contributed by atoms with van der Waals surface area (Å²) < 4.78 is 43.6. The third kappa shape index (κ3) is 3.01. The van der Waals surface area contributed by atoms with Gasteiger partial charge in [-0.1, -0.05) is 0 Å². The molecule has 6 nitrogen and oxygen atoms in total. The molecule has 0 aliphatic heterocycles. The summed E-state index contributed by atoms with van der Waals surface area (Å²) in [5, 5.41) is 10.7. The molecular weight excluding hydrogens is 228 g/mol. The van der Waals surface area contributed by atoms with Gasteiger partial charge in [0.1, 0.15) is 11.8 Å². The van der Waals surface area contributed by atoms with Gasteiger partial charge >= 0.3 is 0 Å². The van der Waals surface area contributed by atoms with Gasteiger partial charge in [0.05, 0.1) is 0 Å². The summed E-state index contributed by atoms with van der Waals surface area (Å²) in [5.74, 6) is 0. The minimum absolute atomic E-state index is 0.477. The smallest absolute Gasteiger partial charge is 0.192 e. The Morgan fingerprint density at radius 3 is 1.57 bits per heavy atom. The molecule has 0 spiro atoms. The fraction of sp³-hybridized carbons (Fsp3) is 0.500. The van der Waals surface area contributed by atoms with Crippen LogP contribution in [0.2, 0.25) is 0 Å². The van der Waals surface area contributed by atoms with E-state index in [1.807, 2.05) is 0 Å². The maximum absolute atomic E-state index is 11.1. The molecule has 0 radical (unpaired) electrons. The van der Waals surface area contributed by atoms with Crippen LogP contribution in [-0.4, -0.2) is 36.4 Å². The Morgan fingerprint density at radius 2 is 1.50 bits per heavy atom. The van der Waals surface area contributed by atoms with Crippen LogP contribution < -0.4 is 5.32 Å². The highest BCUT2D eigenvalue weighted by molar-refractivity contribution is 8.13. The third-order valence-electron chi connectivity index (χ3n) is 1.24. The van der Waals surface area contributed by atoms with Gasteiger partial charge in [0, 0.05) is 19.6 Å². The van der Waals surface area contributed by atoms with Gasteiger partial charge in [-0.05, 0) is 0 Å². The molecule has 0 aliphatic rings. The first-order chi connectivity index (χ1) is 6.14. The van der Waals surface area contributed by atoms with Crippen molar-refractivity contribution in [3.63, 3.8) is 0 Å². The molecule has 0 bridgehead atoms. The SMILES string of the molecule is CNC(C#N)=C(S(C)(=O)=O)S(C)(=O)=O. The quantitative estimate of drug-likeness (QED) is 0.631. The van der Waals surface area contributed by atoms with E-state index in [9.17, 15) is 16.8 Å². The summed E-state index contributed by atoms with van der Waals surface area (Å²) in [4.78, 5) is 0. The van der Waals surface area contributed by atoms with Gasteiger partial charge in [-0.25, -0.2) is 16.8 Å². The molecule has 80 valence electrons. The molecule has 0 saturated heterocycles. The predicted molar refractivity (Wildman–Crippen MR) is 51.4 cm³/mol. The molecule has 0 rings (SSSR count). The van der Waals surface area contributed by atoms with Crippen molar-refractivity contribution in [1.29, 1.82) is 5.26 Å². The van der Waals surface area contributed by atoms with Crippen molar-refractivity contribution in [3.8, 4) is 6.07 Å². The van der Waals surface area contributed by atoms with Crippen LogP contribution in [0.1, 0.15) is 0 Å². The van der Waals surface area contributed by atoms with Crippen LogP contribution in [0.15, 0.2) is 9.93 Å². The van der Waals surface area contributed by atoms with Crippen molar-refractivity contribution >= 4 is 19.7 Å². The lowest BCUT2D eigenvalue weighted by Gasteiger charge is -2.05. The fourth-order valence-electron chi connectivity index (χ4n) is 0.849. The summed E-state index contributed by atoms with van der Waals surface area (Å²) in [7, 11) is -6.61. The van der Waals surface area contributed by atoms with E-state index >= 15 is 0 Å². The highest BCUT2D eigenvalue weighted by atomic mass is 32.3. The van der Waals surface area contributed by atoms with E-state index in [-0.39, 0.29) is 0 Å². The molecule has 0 aliphatic carbocycles. The predicted octanol–water partition coefficient (Wildman–Crippen LogP) is -1.01. The number of rotatable bonds is 3. The molecular formula is C6H10N2O4S2. The van der Waals surface area contributed by atoms with Crippen LogP contribution in [0.3, 0.4) is 0 Å². The van der Waals surface area contributed by atoms with Crippen LogP contribution >= 0.6 is 0 Å². The summed E-state index contributed by atoms with van der Waals surface area (Å²) in [6, 6.07) is 1.48. The zero-order chi connectivity index (χ0) is 11.6. The van der Waals surface area contributed by atoms with Gasteiger partial charge in [-0.2, -0.15) is 5.26 Å². The Hall–Kier alpha value is -1.07. The molecule has 8 heteroatoms. The summed E-state index contributed by atoms with van der Waals surface area (Å²) in [6.07, 6.45) is 1.47. The van der Waals surface area contributed by atoms with E-state index in [0.29, 0.717) is 0 Å². The summed E-state index contributed by atoms with van der Waals surface area (Å²) in [5.41, 5.74) is -0.477. The van der Waals surface area contributed by atoms with Crippen LogP contribution in [0.4, 0.5) is 0 Å². The second-order valence-electron chi connectivity index (χ2n) is 2.57. The van der Waals surface area contributed by atoms with Gasteiger partial charge in [0.25, 0.3) is 0 Å². The Kier molecular flexibility index (Phi) is 3.67.